The Morgan fingerprint density at radius 3 is 3.12 bits per heavy atom. The molecule has 1 fully saturated rings. The average molecular weight is 329 g/mol. The topological polar surface area (TPSA) is 71.6 Å². The molecule has 1 atom stereocenters. The highest BCUT2D eigenvalue weighted by molar-refractivity contribution is 5.39. The summed E-state index contributed by atoms with van der Waals surface area (Å²) in [5.74, 6) is 2.15. The number of fused-ring (bicyclic) bond motifs is 1. The quantitative estimate of drug-likeness (QED) is 0.923. The molecule has 0 bridgehead atoms. The van der Waals surface area contributed by atoms with Crippen molar-refractivity contribution in [2.45, 2.75) is 44.8 Å². The fourth-order valence-electron chi connectivity index (χ4n) is 3.78. The van der Waals surface area contributed by atoms with Crippen LogP contribution in [0.5, 0.6) is 5.75 Å². The molecule has 4 rings (SSSR count). The van der Waals surface area contributed by atoms with Gasteiger partial charge in [-0.25, -0.2) is 0 Å². The Morgan fingerprint density at radius 1 is 1.38 bits per heavy atom. The molecule has 1 N–H and O–H groups in total. The van der Waals surface area contributed by atoms with Gasteiger partial charge in [-0.3, -0.25) is 4.90 Å². The molecule has 6 heteroatoms. The molecule has 1 aromatic carbocycles. The molecule has 0 aliphatic carbocycles. The van der Waals surface area contributed by atoms with Crippen LogP contribution in [0.25, 0.3) is 0 Å². The molecule has 2 aliphatic heterocycles. The standard InChI is InChI=1S/C18H23N3O3/c1-13-19-17(24-20-13)10-18(22)6-2-7-21(12-18)11-14-3-4-16-15(9-14)5-8-23-16/h3-4,9,22H,2,5-8,10-12H2,1H3. The van der Waals surface area contributed by atoms with Crippen LogP contribution in [0.3, 0.4) is 0 Å². The van der Waals surface area contributed by atoms with E-state index in [0.717, 1.165) is 44.7 Å². The maximum Gasteiger partial charge on any atom is 0.229 e. The fourth-order valence-corrected chi connectivity index (χ4v) is 3.78. The van der Waals surface area contributed by atoms with E-state index in [0.29, 0.717) is 24.7 Å². The predicted octanol–water partition coefficient (Wildman–Crippen LogP) is 1.88. The summed E-state index contributed by atoms with van der Waals surface area (Å²) >= 11 is 0. The zero-order valence-corrected chi connectivity index (χ0v) is 14.0. The fraction of sp³-hybridized carbons (Fsp3) is 0.556. The van der Waals surface area contributed by atoms with Gasteiger partial charge in [-0.2, -0.15) is 4.98 Å². The molecule has 1 aromatic heterocycles. The Kier molecular flexibility index (Phi) is 4.02. The third kappa shape index (κ3) is 3.30. The lowest BCUT2D eigenvalue weighted by atomic mass is 9.89. The number of benzene rings is 1. The van der Waals surface area contributed by atoms with Crippen LogP contribution in [0.15, 0.2) is 22.7 Å². The van der Waals surface area contributed by atoms with E-state index in [4.69, 9.17) is 9.26 Å². The van der Waals surface area contributed by atoms with Crippen molar-refractivity contribution < 1.29 is 14.4 Å². The van der Waals surface area contributed by atoms with Crippen LogP contribution in [0.2, 0.25) is 0 Å². The van der Waals surface area contributed by atoms with Crippen molar-refractivity contribution in [3.05, 3.63) is 41.0 Å². The van der Waals surface area contributed by atoms with Crippen LogP contribution in [-0.4, -0.2) is 45.4 Å². The van der Waals surface area contributed by atoms with Gasteiger partial charge in [0.1, 0.15) is 5.75 Å². The Morgan fingerprint density at radius 2 is 2.29 bits per heavy atom. The van der Waals surface area contributed by atoms with Gasteiger partial charge in [0.15, 0.2) is 5.82 Å². The number of aromatic nitrogens is 2. The summed E-state index contributed by atoms with van der Waals surface area (Å²) < 4.78 is 10.8. The number of nitrogens with zero attached hydrogens (tertiary/aromatic N) is 3. The molecule has 0 saturated carbocycles. The molecule has 1 saturated heterocycles. The highest BCUT2D eigenvalue weighted by Crippen LogP contribution is 2.29. The second-order valence-corrected chi connectivity index (χ2v) is 6.99. The van der Waals surface area contributed by atoms with Crippen LogP contribution in [0, 0.1) is 6.92 Å². The third-order valence-electron chi connectivity index (χ3n) is 4.84. The molecule has 2 aromatic rings. The molecule has 0 amide bonds. The van der Waals surface area contributed by atoms with Gasteiger partial charge < -0.3 is 14.4 Å². The van der Waals surface area contributed by atoms with E-state index >= 15 is 0 Å². The molecule has 2 aliphatic rings. The van der Waals surface area contributed by atoms with Gasteiger partial charge in [0.2, 0.25) is 5.89 Å². The van der Waals surface area contributed by atoms with Crippen LogP contribution in [0.4, 0.5) is 0 Å². The summed E-state index contributed by atoms with van der Waals surface area (Å²) in [6.07, 6.45) is 3.15. The number of hydrogen-bond acceptors (Lipinski definition) is 6. The highest BCUT2D eigenvalue weighted by atomic mass is 16.5. The summed E-state index contributed by atoms with van der Waals surface area (Å²) in [7, 11) is 0. The van der Waals surface area contributed by atoms with Crippen molar-refractivity contribution in [3.63, 3.8) is 0 Å². The Bertz CT molecular complexity index is 730. The monoisotopic (exact) mass is 329 g/mol. The molecule has 0 spiro atoms. The van der Waals surface area contributed by atoms with E-state index in [1.807, 2.05) is 0 Å². The summed E-state index contributed by atoms with van der Waals surface area (Å²) in [6.45, 7) is 5.05. The zero-order valence-electron chi connectivity index (χ0n) is 14.0. The minimum absolute atomic E-state index is 0.419. The molecule has 128 valence electrons. The first-order chi connectivity index (χ1) is 11.6. The van der Waals surface area contributed by atoms with Gasteiger partial charge in [0, 0.05) is 19.5 Å². The Hall–Kier alpha value is -1.92. The first-order valence-electron chi connectivity index (χ1n) is 8.58. The average Bonchev–Trinajstić information content (AvgIpc) is 3.15. The van der Waals surface area contributed by atoms with Crippen LogP contribution < -0.4 is 4.74 Å². The van der Waals surface area contributed by atoms with Gasteiger partial charge in [0.05, 0.1) is 18.6 Å². The normalized spacial score (nSPS) is 23.9. The van der Waals surface area contributed by atoms with Crippen molar-refractivity contribution in [2.24, 2.45) is 0 Å². The van der Waals surface area contributed by atoms with Gasteiger partial charge in [0.25, 0.3) is 0 Å². The molecular weight excluding hydrogens is 306 g/mol. The number of hydrogen-bond donors (Lipinski definition) is 1. The number of aryl methyl sites for hydroxylation is 1. The third-order valence-corrected chi connectivity index (χ3v) is 4.84. The number of aliphatic hydroxyl groups is 1. The van der Waals surface area contributed by atoms with Gasteiger partial charge >= 0.3 is 0 Å². The minimum atomic E-state index is -0.795. The highest BCUT2D eigenvalue weighted by Gasteiger charge is 2.35. The summed E-state index contributed by atoms with van der Waals surface area (Å²) in [5.41, 5.74) is 1.77. The lowest BCUT2D eigenvalue weighted by molar-refractivity contribution is -0.0373. The van der Waals surface area contributed by atoms with Crippen molar-refractivity contribution in [3.8, 4) is 5.75 Å². The first kappa shape index (κ1) is 15.6. The van der Waals surface area contributed by atoms with E-state index in [-0.39, 0.29) is 0 Å². The summed E-state index contributed by atoms with van der Waals surface area (Å²) in [5, 5.41) is 14.8. The Labute approximate surface area is 141 Å². The van der Waals surface area contributed by atoms with Crippen molar-refractivity contribution in [2.75, 3.05) is 19.7 Å². The maximum atomic E-state index is 10.9. The first-order valence-corrected chi connectivity index (χ1v) is 8.58. The zero-order chi connectivity index (χ0) is 16.6. The second-order valence-electron chi connectivity index (χ2n) is 6.99. The van der Waals surface area contributed by atoms with Crippen LogP contribution >= 0.6 is 0 Å². The van der Waals surface area contributed by atoms with E-state index in [9.17, 15) is 5.11 Å². The van der Waals surface area contributed by atoms with Crippen LogP contribution in [-0.2, 0) is 19.4 Å². The van der Waals surface area contributed by atoms with Crippen LogP contribution in [0.1, 0.15) is 35.7 Å². The second kappa shape index (κ2) is 6.18. The van der Waals surface area contributed by atoms with Gasteiger partial charge in [-0.1, -0.05) is 17.3 Å². The van der Waals surface area contributed by atoms with E-state index in [1.54, 1.807) is 6.92 Å². The lowest BCUT2D eigenvalue weighted by Crippen LogP contribution is -2.49. The minimum Gasteiger partial charge on any atom is -0.493 e. The molecule has 3 heterocycles. The molecule has 1 unspecified atom stereocenters. The van der Waals surface area contributed by atoms with Crippen molar-refractivity contribution >= 4 is 0 Å². The van der Waals surface area contributed by atoms with E-state index in [2.05, 4.69) is 33.2 Å². The SMILES string of the molecule is Cc1noc(CC2(O)CCCN(Cc3ccc4c(c3)CCO4)C2)n1. The van der Waals surface area contributed by atoms with Gasteiger partial charge in [-0.15, -0.1) is 0 Å². The van der Waals surface area contributed by atoms with Crippen molar-refractivity contribution in [1.82, 2.24) is 15.0 Å². The maximum absolute atomic E-state index is 10.9. The number of ether oxygens (including phenoxy) is 1. The van der Waals surface area contributed by atoms with E-state index < -0.39 is 5.60 Å². The molecule has 24 heavy (non-hydrogen) atoms. The summed E-state index contributed by atoms with van der Waals surface area (Å²) in [6, 6.07) is 6.42. The smallest absolute Gasteiger partial charge is 0.229 e. The van der Waals surface area contributed by atoms with Gasteiger partial charge in [-0.05, 0) is 43.5 Å². The largest absolute Gasteiger partial charge is 0.493 e. The predicted molar refractivity (Wildman–Crippen MR) is 87.8 cm³/mol. The summed E-state index contributed by atoms with van der Waals surface area (Å²) in [4.78, 5) is 6.54. The molecule has 0 radical (unpaired) electrons. The molecular formula is C18H23N3O3. The lowest BCUT2D eigenvalue weighted by Gasteiger charge is -2.38. The molecule has 6 nitrogen and oxygen atoms in total. The number of β-amino-alcohol motifs (C(OH)–C–C–N with tert-alkyl or cyclic N) is 1. The Balaban J connectivity index is 1.42. The number of piperidine rings is 1. The number of likely N-dealkylation sites (tertiary alicyclic amines) is 1. The van der Waals surface area contributed by atoms with Crippen molar-refractivity contribution in [1.29, 1.82) is 0 Å². The van der Waals surface area contributed by atoms with E-state index in [1.165, 1.54) is 11.1 Å². The number of rotatable bonds is 4.